The number of hydrogen-bond acceptors (Lipinski definition) is 3. The summed E-state index contributed by atoms with van der Waals surface area (Å²) in [7, 11) is 0. The second kappa shape index (κ2) is 7.27. The molecule has 1 aliphatic heterocycles. The van der Waals surface area contributed by atoms with Crippen LogP contribution < -0.4 is 0 Å². The summed E-state index contributed by atoms with van der Waals surface area (Å²) in [4.78, 5) is 14.1. The third-order valence-corrected chi connectivity index (χ3v) is 5.83. The monoisotopic (exact) mass is 337 g/mol. The number of fused-ring (bicyclic) bond motifs is 1. The summed E-state index contributed by atoms with van der Waals surface area (Å²) in [5.41, 5.74) is 1.26. The van der Waals surface area contributed by atoms with Crippen molar-refractivity contribution in [2.45, 2.75) is 57.3 Å². The molecule has 2 aliphatic rings. The third kappa shape index (κ3) is 3.49. The minimum atomic E-state index is 0.0648. The number of carbonyl (C=O) groups is 1. The highest BCUT2D eigenvalue weighted by atomic mass is 16.5. The number of likely N-dealkylation sites (tertiary alicyclic amines) is 1. The van der Waals surface area contributed by atoms with Crippen LogP contribution >= 0.6 is 0 Å². The first-order valence-electron chi connectivity index (χ1n) is 9.61. The molecule has 4 rings (SSSR count). The van der Waals surface area contributed by atoms with Crippen LogP contribution in [0.1, 0.15) is 50.7 Å². The van der Waals surface area contributed by atoms with Crippen molar-refractivity contribution in [3.8, 4) is 0 Å². The Morgan fingerprint density at radius 2 is 1.88 bits per heavy atom. The number of hydrogen-bond donors (Lipinski definition) is 0. The Morgan fingerprint density at radius 3 is 2.72 bits per heavy atom. The molecule has 0 N–H and O–H groups in total. The number of Topliss-reactive ketones (excluding diaryl/α,β-unsaturated/α-hetero) is 1. The standard InChI is InChI=1S/C22H27NO2/c1-16(19-10-6-8-17-7-2-3-9-20(17)19)25-22-12-5-4-11-21(22)23-14-13-18(24)15-23/h2-3,6-10,16,21-22H,4-5,11-15H2,1H3. The molecular weight excluding hydrogens is 310 g/mol. The molecule has 1 saturated heterocycles. The molecule has 0 aromatic heterocycles. The largest absolute Gasteiger partial charge is 0.369 e. The normalized spacial score (nSPS) is 26.2. The number of ketones is 1. The zero-order valence-corrected chi connectivity index (χ0v) is 15.0. The predicted molar refractivity (Wildman–Crippen MR) is 101 cm³/mol. The van der Waals surface area contributed by atoms with E-state index in [-0.39, 0.29) is 12.2 Å². The van der Waals surface area contributed by atoms with Crippen LogP contribution in [0.15, 0.2) is 42.5 Å². The molecule has 3 nitrogen and oxygen atoms in total. The van der Waals surface area contributed by atoms with Gasteiger partial charge in [0.15, 0.2) is 0 Å². The van der Waals surface area contributed by atoms with Gasteiger partial charge in [0.05, 0.1) is 18.8 Å². The summed E-state index contributed by atoms with van der Waals surface area (Å²) in [5, 5.41) is 2.54. The summed E-state index contributed by atoms with van der Waals surface area (Å²) in [5.74, 6) is 0.381. The average Bonchev–Trinajstić information content (AvgIpc) is 3.08. The molecule has 1 heterocycles. The maximum absolute atomic E-state index is 11.7. The molecule has 2 fully saturated rings. The summed E-state index contributed by atoms with van der Waals surface area (Å²) in [6, 6.07) is 15.4. The van der Waals surface area contributed by atoms with Crippen LogP contribution in [-0.2, 0) is 9.53 Å². The molecule has 132 valence electrons. The van der Waals surface area contributed by atoms with Gasteiger partial charge < -0.3 is 4.74 Å². The summed E-state index contributed by atoms with van der Waals surface area (Å²) >= 11 is 0. The van der Waals surface area contributed by atoms with Gasteiger partial charge in [-0.25, -0.2) is 0 Å². The van der Waals surface area contributed by atoms with Crippen molar-refractivity contribution in [1.29, 1.82) is 0 Å². The fourth-order valence-electron chi connectivity index (χ4n) is 4.53. The summed E-state index contributed by atoms with van der Waals surface area (Å²) in [6.07, 6.45) is 5.74. The van der Waals surface area contributed by atoms with E-state index in [9.17, 15) is 4.79 Å². The molecular formula is C22H27NO2. The van der Waals surface area contributed by atoms with Gasteiger partial charge in [0, 0.05) is 19.0 Å². The minimum Gasteiger partial charge on any atom is -0.369 e. The van der Waals surface area contributed by atoms with E-state index in [1.165, 1.54) is 29.2 Å². The van der Waals surface area contributed by atoms with Crippen molar-refractivity contribution in [1.82, 2.24) is 4.90 Å². The van der Waals surface area contributed by atoms with E-state index >= 15 is 0 Å². The molecule has 3 heteroatoms. The number of ether oxygens (including phenoxy) is 1. The number of benzene rings is 2. The topological polar surface area (TPSA) is 29.5 Å². The Labute approximate surface area is 150 Å². The maximum Gasteiger partial charge on any atom is 0.148 e. The van der Waals surface area contributed by atoms with Crippen molar-refractivity contribution in [2.75, 3.05) is 13.1 Å². The number of nitrogens with zero attached hydrogens (tertiary/aromatic N) is 1. The Morgan fingerprint density at radius 1 is 1.08 bits per heavy atom. The van der Waals surface area contributed by atoms with Crippen molar-refractivity contribution >= 4 is 16.6 Å². The van der Waals surface area contributed by atoms with Crippen molar-refractivity contribution in [3.05, 3.63) is 48.0 Å². The van der Waals surface area contributed by atoms with E-state index in [0.29, 0.717) is 24.8 Å². The van der Waals surface area contributed by atoms with Gasteiger partial charge >= 0.3 is 0 Å². The first-order valence-corrected chi connectivity index (χ1v) is 9.61. The van der Waals surface area contributed by atoms with Gasteiger partial charge in [-0.3, -0.25) is 9.69 Å². The van der Waals surface area contributed by atoms with E-state index < -0.39 is 0 Å². The predicted octanol–water partition coefficient (Wildman–Crippen LogP) is 4.50. The van der Waals surface area contributed by atoms with E-state index in [0.717, 1.165) is 19.4 Å². The van der Waals surface area contributed by atoms with Crippen molar-refractivity contribution in [3.63, 3.8) is 0 Å². The average molecular weight is 337 g/mol. The Kier molecular flexibility index (Phi) is 4.87. The van der Waals surface area contributed by atoms with Gasteiger partial charge in [-0.1, -0.05) is 55.3 Å². The fraction of sp³-hybridized carbons (Fsp3) is 0.500. The fourth-order valence-corrected chi connectivity index (χ4v) is 4.53. The summed E-state index contributed by atoms with van der Waals surface area (Å²) in [6.45, 7) is 3.70. The molecule has 1 aliphatic carbocycles. The van der Waals surface area contributed by atoms with Gasteiger partial charge in [-0.2, -0.15) is 0 Å². The van der Waals surface area contributed by atoms with Gasteiger partial charge in [-0.15, -0.1) is 0 Å². The minimum absolute atomic E-state index is 0.0648. The van der Waals surface area contributed by atoms with Crippen molar-refractivity contribution in [2.24, 2.45) is 0 Å². The number of rotatable bonds is 4. The molecule has 0 bridgehead atoms. The van der Waals surface area contributed by atoms with Gasteiger partial charge in [0.2, 0.25) is 0 Å². The van der Waals surface area contributed by atoms with Crippen LogP contribution in [0.3, 0.4) is 0 Å². The molecule has 25 heavy (non-hydrogen) atoms. The lowest BCUT2D eigenvalue weighted by Gasteiger charge is -2.38. The molecule has 0 amide bonds. The Hall–Kier alpha value is -1.71. The van der Waals surface area contributed by atoms with Crippen LogP contribution in [0.4, 0.5) is 0 Å². The maximum atomic E-state index is 11.7. The first-order chi connectivity index (χ1) is 12.2. The highest BCUT2D eigenvalue weighted by Gasteiger charge is 2.35. The van der Waals surface area contributed by atoms with Gasteiger partial charge in [0.1, 0.15) is 5.78 Å². The van der Waals surface area contributed by atoms with E-state index in [1.807, 2.05) is 0 Å². The smallest absolute Gasteiger partial charge is 0.148 e. The van der Waals surface area contributed by atoms with Crippen LogP contribution in [0.5, 0.6) is 0 Å². The van der Waals surface area contributed by atoms with Gasteiger partial charge in [-0.05, 0) is 36.1 Å². The molecule has 0 spiro atoms. The SMILES string of the molecule is CC(OC1CCCCC1N1CCC(=O)C1)c1cccc2ccccc12. The van der Waals surface area contributed by atoms with Crippen LogP contribution in [-0.4, -0.2) is 35.9 Å². The highest BCUT2D eigenvalue weighted by molar-refractivity contribution is 5.86. The first kappa shape index (κ1) is 16.7. The summed E-state index contributed by atoms with van der Waals surface area (Å²) < 4.78 is 6.59. The van der Waals surface area contributed by atoms with E-state index in [4.69, 9.17) is 4.74 Å². The lowest BCUT2D eigenvalue weighted by Crippen LogP contribution is -2.46. The molecule has 0 radical (unpaired) electrons. The second-order valence-electron chi connectivity index (χ2n) is 7.50. The Balaban J connectivity index is 1.53. The molecule has 3 atom stereocenters. The quantitative estimate of drug-likeness (QED) is 0.822. The lowest BCUT2D eigenvalue weighted by atomic mass is 9.91. The molecule has 2 aromatic carbocycles. The zero-order chi connectivity index (χ0) is 17.2. The molecule has 2 aromatic rings. The van der Waals surface area contributed by atoms with Gasteiger partial charge in [0.25, 0.3) is 0 Å². The third-order valence-electron chi connectivity index (χ3n) is 5.83. The molecule has 3 unspecified atom stereocenters. The van der Waals surface area contributed by atoms with Crippen LogP contribution in [0.2, 0.25) is 0 Å². The lowest BCUT2D eigenvalue weighted by molar-refractivity contribution is -0.117. The second-order valence-corrected chi connectivity index (χ2v) is 7.50. The van der Waals surface area contributed by atoms with E-state index in [2.05, 4.69) is 54.3 Å². The zero-order valence-electron chi connectivity index (χ0n) is 15.0. The van der Waals surface area contributed by atoms with Crippen LogP contribution in [0.25, 0.3) is 10.8 Å². The number of carbonyl (C=O) groups excluding carboxylic acids is 1. The highest BCUT2D eigenvalue weighted by Crippen LogP contribution is 2.33. The van der Waals surface area contributed by atoms with E-state index in [1.54, 1.807) is 0 Å². The molecule has 1 saturated carbocycles. The Bertz CT molecular complexity index is 751. The van der Waals surface area contributed by atoms with Crippen LogP contribution in [0, 0.1) is 0 Å². The van der Waals surface area contributed by atoms with Crippen molar-refractivity contribution < 1.29 is 9.53 Å².